The number of hydrogen-bond acceptors (Lipinski definition) is 0. The molecule has 0 aliphatic heterocycles. The van der Waals surface area contributed by atoms with E-state index in [2.05, 4.69) is 33.1 Å². The first-order valence-electron chi connectivity index (χ1n) is 3.71. The van der Waals surface area contributed by atoms with Gasteiger partial charge in [-0.05, 0) is 26.3 Å². The number of hydrogen-bond donors (Lipinski definition) is 0. The Morgan fingerprint density at radius 2 is 1.73 bits per heavy atom. The van der Waals surface area contributed by atoms with Crippen molar-refractivity contribution in [2.45, 2.75) is 20.8 Å². The van der Waals surface area contributed by atoms with Crippen molar-refractivity contribution in [3.63, 3.8) is 0 Å². The highest BCUT2D eigenvalue weighted by molar-refractivity contribution is 5.38. The van der Waals surface area contributed by atoms with Crippen molar-refractivity contribution in [3.05, 3.63) is 48.1 Å². The van der Waals surface area contributed by atoms with Crippen LogP contribution in [0.5, 0.6) is 0 Å². The minimum atomic E-state index is 0. The first-order chi connectivity index (χ1) is 5.07. The van der Waals surface area contributed by atoms with Gasteiger partial charge in [0.25, 0.3) is 0 Å². The van der Waals surface area contributed by atoms with E-state index in [0.29, 0.717) is 0 Å². The maximum atomic E-state index is 3.84. The lowest BCUT2D eigenvalue weighted by Crippen LogP contribution is -1.76. The molecule has 0 aromatic carbocycles. The Bertz CT molecular complexity index is 215. The zero-order chi connectivity index (χ0) is 8.85. The molecule has 0 fully saturated rings. The molecule has 0 saturated carbocycles. The van der Waals surface area contributed by atoms with E-state index in [0.717, 1.165) is 11.1 Å². The van der Waals surface area contributed by atoms with Crippen molar-refractivity contribution >= 4 is 0 Å². The largest absolute Gasteiger partial charge is 0.0985 e. The Morgan fingerprint density at radius 1 is 1.18 bits per heavy atom. The molecule has 0 aliphatic carbocycles. The second-order valence-corrected chi connectivity index (χ2v) is 2.85. The third-order valence-electron chi connectivity index (χ3n) is 1.31. The third-order valence-corrected chi connectivity index (χ3v) is 1.31. The van der Waals surface area contributed by atoms with Crippen LogP contribution in [-0.2, 0) is 0 Å². The van der Waals surface area contributed by atoms with E-state index in [4.69, 9.17) is 0 Å². The molecule has 0 nitrogen and oxygen atoms in total. The van der Waals surface area contributed by atoms with E-state index < -0.39 is 0 Å². The molecule has 0 unspecified atom stereocenters. The van der Waals surface area contributed by atoms with E-state index in [1.54, 1.807) is 0 Å². The summed E-state index contributed by atoms with van der Waals surface area (Å²) in [6.45, 7) is 13.6. The monoisotopic (exact) mass is 150 g/mol. The van der Waals surface area contributed by atoms with E-state index in [1.165, 1.54) is 5.57 Å². The average molecular weight is 150 g/mol. The van der Waals surface area contributed by atoms with Gasteiger partial charge >= 0.3 is 0 Å². The highest BCUT2D eigenvalue weighted by atomic mass is 13.9. The maximum Gasteiger partial charge on any atom is 0 e. The van der Waals surface area contributed by atoms with Gasteiger partial charge in [0.2, 0.25) is 0 Å². The van der Waals surface area contributed by atoms with Crippen LogP contribution < -0.4 is 0 Å². The molecule has 0 aromatic rings. The fourth-order valence-electron chi connectivity index (χ4n) is 0.641. The standard InChI is InChI=1S/C11H16.H2/c1-6-11(10(4)5)8-7-9(2)3;/h6-8H,1,4H2,2-3,5H3;1H/b11-8-;. The Hall–Kier alpha value is -1.04. The molecule has 0 saturated heterocycles. The SMILES string of the molecule is C=C/C(=C/C=C(C)C)C(=C)C.[HH]. The molecule has 0 rings (SSSR count). The predicted octanol–water partition coefficient (Wildman–Crippen LogP) is 3.89. The van der Waals surface area contributed by atoms with Crippen molar-refractivity contribution < 1.29 is 1.43 Å². The van der Waals surface area contributed by atoms with Gasteiger partial charge in [0.15, 0.2) is 0 Å². The minimum absolute atomic E-state index is 0. The maximum absolute atomic E-state index is 3.84. The molecule has 0 N–H and O–H groups in total. The van der Waals surface area contributed by atoms with Crippen LogP contribution in [0.2, 0.25) is 0 Å². The topological polar surface area (TPSA) is 0 Å². The van der Waals surface area contributed by atoms with Crippen molar-refractivity contribution in [3.8, 4) is 0 Å². The molecule has 0 aromatic heterocycles. The molecular formula is C11H18. The van der Waals surface area contributed by atoms with Crippen molar-refractivity contribution in [1.29, 1.82) is 0 Å². The summed E-state index contributed by atoms with van der Waals surface area (Å²) in [5.41, 5.74) is 3.44. The van der Waals surface area contributed by atoms with Crippen LogP contribution in [-0.4, -0.2) is 0 Å². The van der Waals surface area contributed by atoms with Crippen LogP contribution >= 0.6 is 0 Å². The zero-order valence-corrected chi connectivity index (χ0v) is 7.65. The summed E-state index contributed by atoms with van der Waals surface area (Å²) in [5, 5.41) is 0. The second kappa shape index (κ2) is 4.73. The second-order valence-electron chi connectivity index (χ2n) is 2.85. The van der Waals surface area contributed by atoms with E-state index in [1.807, 2.05) is 19.1 Å². The van der Waals surface area contributed by atoms with E-state index in [-0.39, 0.29) is 1.43 Å². The molecule has 0 heterocycles. The Labute approximate surface area is 71.1 Å². The van der Waals surface area contributed by atoms with Gasteiger partial charge in [0.05, 0.1) is 0 Å². The zero-order valence-electron chi connectivity index (χ0n) is 7.65. The van der Waals surface area contributed by atoms with Crippen molar-refractivity contribution in [2.24, 2.45) is 0 Å². The van der Waals surface area contributed by atoms with Gasteiger partial charge in [0, 0.05) is 1.43 Å². The molecule has 62 valence electrons. The van der Waals surface area contributed by atoms with Crippen LogP contribution in [0.15, 0.2) is 48.1 Å². The van der Waals surface area contributed by atoms with E-state index in [9.17, 15) is 0 Å². The first-order valence-corrected chi connectivity index (χ1v) is 3.71. The Kier molecular flexibility index (Phi) is 4.28. The average Bonchev–Trinajstić information content (AvgIpc) is 1.87. The summed E-state index contributed by atoms with van der Waals surface area (Å²) >= 11 is 0. The third kappa shape index (κ3) is 4.38. The van der Waals surface area contributed by atoms with E-state index >= 15 is 0 Å². The van der Waals surface area contributed by atoms with Gasteiger partial charge in [0.1, 0.15) is 0 Å². The van der Waals surface area contributed by atoms with Crippen molar-refractivity contribution in [1.82, 2.24) is 0 Å². The predicted molar refractivity (Wildman–Crippen MR) is 54.6 cm³/mol. The van der Waals surface area contributed by atoms with Gasteiger partial charge in [-0.2, -0.15) is 0 Å². The molecule has 0 bridgehead atoms. The summed E-state index contributed by atoms with van der Waals surface area (Å²) in [6.07, 6.45) is 5.91. The summed E-state index contributed by atoms with van der Waals surface area (Å²) in [4.78, 5) is 0. The molecule has 0 heteroatoms. The Balaban J connectivity index is 0. The quantitative estimate of drug-likeness (QED) is 0.535. The fraction of sp³-hybridized carbons (Fsp3) is 0.273. The molecule has 0 spiro atoms. The molecular weight excluding hydrogens is 132 g/mol. The number of rotatable bonds is 3. The molecule has 11 heavy (non-hydrogen) atoms. The highest BCUT2D eigenvalue weighted by Gasteiger charge is 1.87. The van der Waals surface area contributed by atoms with Crippen molar-refractivity contribution in [2.75, 3.05) is 0 Å². The van der Waals surface area contributed by atoms with Gasteiger partial charge in [-0.25, -0.2) is 0 Å². The lowest BCUT2D eigenvalue weighted by molar-refractivity contribution is 1.38. The molecule has 0 radical (unpaired) electrons. The fourth-order valence-corrected chi connectivity index (χ4v) is 0.641. The first kappa shape index (κ1) is 9.96. The summed E-state index contributed by atoms with van der Waals surface area (Å²) in [7, 11) is 0. The van der Waals surface area contributed by atoms with Crippen LogP contribution in [0, 0.1) is 0 Å². The lowest BCUT2D eigenvalue weighted by Gasteiger charge is -1.96. The Morgan fingerprint density at radius 3 is 2.00 bits per heavy atom. The van der Waals surface area contributed by atoms with Gasteiger partial charge < -0.3 is 0 Å². The molecule has 0 amide bonds. The van der Waals surface area contributed by atoms with Gasteiger partial charge in [-0.1, -0.05) is 42.5 Å². The molecule has 0 aliphatic rings. The van der Waals surface area contributed by atoms with Gasteiger partial charge in [-0.15, -0.1) is 0 Å². The lowest BCUT2D eigenvalue weighted by atomic mass is 10.1. The normalized spacial score (nSPS) is 10.6. The van der Waals surface area contributed by atoms with Crippen LogP contribution in [0.1, 0.15) is 22.2 Å². The smallest absolute Gasteiger partial charge is 0 e. The van der Waals surface area contributed by atoms with Gasteiger partial charge in [-0.3, -0.25) is 0 Å². The highest BCUT2D eigenvalue weighted by Crippen LogP contribution is 2.07. The summed E-state index contributed by atoms with van der Waals surface area (Å²) in [5.74, 6) is 0. The number of allylic oxidation sites excluding steroid dienone is 6. The molecule has 0 atom stereocenters. The van der Waals surface area contributed by atoms with Crippen LogP contribution in [0.3, 0.4) is 0 Å². The van der Waals surface area contributed by atoms with Crippen LogP contribution in [0.4, 0.5) is 0 Å². The summed E-state index contributed by atoms with van der Waals surface area (Å²) in [6, 6.07) is 0. The summed E-state index contributed by atoms with van der Waals surface area (Å²) < 4.78 is 0. The minimum Gasteiger partial charge on any atom is -0.0985 e. The van der Waals surface area contributed by atoms with Crippen LogP contribution in [0.25, 0.3) is 0 Å².